The minimum Gasteiger partial charge on any atom is -0.390 e. The Morgan fingerprint density at radius 2 is 2.24 bits per heavy atom. The number of aromatic nitrogens is 2. The molecule has 0 saturated carbocycles. The number of hydrogen-bond donors (Lipinski definition) is 5. The summed E-state index contributed by atoms with van der Waals surface area (Å²) >= 11 is 0. The van der Waals surface area contributed by atoms with Crippen LogP contribution in [0, 0.1) is 0 Å². The van der Waals surface area contributed by atoms with Gasteiger partial charge in [0.1, 0.15) is 18.0 Å². The first-order valence-corrected chi connectivity index (χ1v) is 6.17. The van der Waals surface area contributed by atoms with Gasteiger partial charge in [0.25, 0.3) is 5.91 Å². The third-order valence-electron chi connectivity index (χ3n) is 3.34. The van der Waals surface area contributed by atoms with Crippen LogP contribution in [0.1, 0.15) is 6.42 Å². The molecule has 1 aliphatic heterocycles. The average Bonchev–Trinajstić information content (AvgIpc) is 2.64. The number of nitrogens with two attached hydrogens (primary N) is 1. The lowest BCUT2D eigenvalue weighted by molar-refractivity contribution is -0.294. The smallest absolute Gasteiger partial charge is 0.353 e. The maximum atomic E-state index is 12.3. The molecule has 0 radical (unpaired) electrons. The van der Waals surface area contributed by atoms with Gasteiger partial charge in [-0.05, 0) is 6.07 Å². The van der Waals surface area contributed by atoms with Crippen molar-refractivity contribution in [3.63, 3.8) is 0 Å². The highest BCUT2D eigenvalue weighted by atomic mass is 19.1. The summed E-state index contributed by atoms with van der Waals surface area (Å²) in [4.78, 5) is 15.1. The zero-order chi connectivity index (χ0) is 15.8. The second kappa shape index (κ2) is 5.66. The summed E-state index contributed by atoms with van der Waals surface area (Å²) in [6.07, 6.45) is -5.99. The SMILES string of the molecule is Nc1ccnc(=O)n1[C@]1(O)O[C@H](C(O)CCF)[C@@H](O)[C@@H]1O. The number of rotatable bonds is 4. The monoisotopic (exact) mass is 305 g/mol. The van der Waals surface area contributed by atoms with E-state index in [0.29, 0.717) is 4.57 Å². The second-order valence-electron chi connectivity index (χ2n) is 4.71. The lowest BCUT2D eigenvalue weighted by Gasteiger charge is -2.28. The number of nitrogens with zero attached hydrogens (tertiary/aromatic N) is 2. The van der Waals surface area contributed by atoms with Gasteiger partial charge in [0.15, 0.2) is 6.10 Å². The number of aliphatic hydroxyl groups excluding tert-OH is 3. The zero-order valence-corrected chi connectivity index (χ0v) is 10.8. The first-order valence-electron chi connectivity index (χ1n) is 6.17. The molecule has 0 amide bonds. The van der Waals surface area contributed by atoms with Crippen LogP contribution in [0.4, 0.5) is 10.2 Å². The Kier molecular flexibility index (Phi) is 4.25. The maximum Gasteiger partial charge on any atom is 0.353 e. The number of ether oxygens (including phenoxy) is 1. The largest absolute Gasteiger partial charge is 0.390 e. The molecule has 118 valence electrons. The summed E-state index contributed by atoms with van der Waals surface area (Å²) in [5.74, 6) is -2.99. The fraction of sp³-hybridized carbons (Fsp3) is 0.636. The molecule has 1 aromatic rings. The van der Waals surface area contributed by atoms with E-state index in [1.54, 1.807) is 0 Å². The van der Waals surface area contributed by atoms with Gasteiger partial charge < -0.3 is 30.9 Å². The van der Waals surface area contributed by atoms with Crippen LogP contribution in [-0.4, -0.2) is 61.1 Å². The summed E-state index contributed by atoms with van der Waals surface area (Å²) in [5.41, 5.74) is 4.52. The molecule has 9 nitrogen and oxygen atoms in total. The van der Waals surface area contributed by atoms with Crippen molar-refractivity contribution in [2.24, 2.45) is 0 Å². The molecule has 10 heteroatoms. The molecule has 0 aliphatic carbocycles. The fourth-order valence-corrected chi connectivity index (χ4v) is 2.25. The van der Waals surface area contributed by atoms with Gasteiger partial charge in [-0.2, -0.15) is 0 Å². The Labute approximate surface area is 118 Å². The minimum atomic E-state index is -2.71. The Morgan fingerprint density at radius 3 is 2.81 bits per heavy atom. The van der Waals surface area contributed by atoms with E-state index >= 15 is 0 Å². The highest BCUT2D eigenvalue weighted by Crippen LogP contribution is 2.35. The second-order valence-corrected chi connectivity index (χ2v) is 4.71. The van der Waals surface area contributed by atoms with E-state index in [1.807, 2.05) is 0 Å². The highest BCUT2D eigenvalue weighted by molar-refractivity contribution is 5.28. The van der Waals surface area contributed by atoms with Gasteiger partial charge in [0.2, 0.25) is 0 Å². The van der Waals surface area contributed by atoms with Gasteiger partial charge in [-0.3, -0.25) is 4.39 Å². The van der Waals surface area contributed by atoms with Gasteiger partial charge in [-0.25, -0.2) is 14.3 Å². The van der Waals surface area contributed by atoms with Gasteiger partial charge in [0, 0.05) is 12.6 Å². The van der Waals surface area contributed by atoms with Gasteiger partial charge >= 0.3 is 5.69 Å². The van der Waals surface area contributed by atoms with Crippen molar-refractivity contribution >= 4 is 5.82 Å². The summed E-state index contributed by atoms with van der Waals surface area (Å²) in [5, 5.41) is 39.8. The van der Waals surface area contributed by atoms with Crippen molar-refractivity contribution in [2.75, 3.05) is 12.4 Å². The Balaban J connectivity index is 2.42. The molecule has 2 rings (SSSR count). The zero-order valence-electron chi connectivity index (χ0n) is 10.8. The Morgan fingerprint density at radius 1 is 1.57 bits per heavy atom. The topological polar surface area (TPSA) is 151 Å². The first-order chi connectivity index (χ1) is 9.82. The number of anilines is 1. The van der Waals surface area contributed by atoms with Crippen LogP contribution in [0.25, 0.3) is 0 Å². The highest BCUT2D eigenvalue weighted by Gasteiger charge is 2.57. The van der Waals surface area contributed by atoms with Crippen LogP contribution >= 0.6 is 0 Å². The van der Waals surface area contributed by atoms with Crippen molar-refractivity contribution in [1.29, 1.82) is 0 Å². The van der Waals surface area contributed by atoms with E-state index in [9.17, 15) is 29.6 Å². The molecule has 1 fully saturated rings. The molecule has 21 heavy (non-hydrogen) atoms. The Bertz CT molecular complexity index is 569. The fourth-order valence-electron chi connectivity index (χ4n) is 2.25. The summed E-state index contributed by atoms with van der Waals surface area (Å²) < 4.78 is 17.7. The average molecular weight is 305 g/mol. The van der Waals surface area contributed by atoms with Crippen molar-refractivity contribution in [1.82, 2.24) is 9.55 Å². The molecular weight excluding hydrogens is 289 g/mol. The van der Waals surface area contributed by atoms with Crippen molar-refractivity contribution < 1.29 is 29.6 Å². The van der Waals surface area contributed by atoms with Gasteiger partial charge in [-0.15, -0.1) is 0 Å². The summed E-state index contributed by atoms with van der Waals surface area (Å²) in [6, 6.07) is 1.17. The molecule has 1 aromatic heterocycles. The molecular formula is C11H16FN3O6. The van der Waals surface area contributed by atoms with Gasteiger partial charge in [0.05, 0.1) is 12.8 Å². The lowest BCUT2D eigenvalue weighted by Crippen LogP contribution is -2.51. The third-order valence-corrected chi connectivity index (χ3v) is 3.34. The minimum absolute atomic E-state index is 0.274. The molecule has 0 spiro atoms. The van der Waals surface area contributed by atoms with Crippen LogP contribution < -0.4 is 11.4 Å². The van der Waals surface area contributed by atoms with Crippen LogP contribution in [0.5, 0.6) is 0 Å². The maximum absolute atomic E-state index is 12.3. The van der Waals surface area contributed by atoms with E-state index in [4.69, 9.17) is 10.5 Å². The van der Waals surface area contributed by atoms with E-state index in [2.05, 4.69) is 4.98 Å². The van der Waals surface area contributed by atoms with Crippen LogP contribution in [0.2, 0.25) is 0 Å². The molecule has 0 bridgehead atoms. The van der Waals surface area contributed by atoms with Crippen LogP contribution in [0.3, 0.4) is 0 Å². The van der Waals surface area contributed by atoms with Crippen LogP contribution in [-0.2, 0) is 10.6 Å². The van der Waals surface area contributed by atoms with Crippen molar-refractivity contribution in [3.05, 3.63) is 22.7 Å². The van der Waals surface area contributed by atoms with Crippen LogP contribution in [0.15, 0.2) is 17.1 Å². The standard InChI is InChI=1S/C11H16FN3O6/c12-3-1-5(16)8-7(17)9(18)11(20,21-8)15-6(13)2-4-14-10(15)19/h2,4-5,7-9,16-18,20H,1,3,13H2/t5?,7-,8-,9+,11-/m1/s1. The number of aliphatic hydroxyl groups is 4. The number of halogens is 1. The number of alkyl halides is 1. The number of nitrogen functional groups attached to an aromatic ring is 1. The first kappa shape index (κ1) is 15.8. The normalized spacial score (nSPS) is 34.0. The molecule has 6 N–H and O–H groups in total. The predicted molar refractivity (Wildman–Crippen MR) is 66.6 cm³/mol. The molecule has 0 aromatic carbocycles. The van der Waals surface area contributed by atoms with Crippen molar-refractivity contribution in [3.8, 4) is 0 Å². The van der Waals surface area contributed by atoms with E-state index in [-0.39, 0.29) is 12.2 Å². The quantitative estimate of drug-likeness (QED) is 0.402. The third kappa shape index (κ3) is 2.51. The molecule has 2 heterocycles. The molecule has 1 saturated heterocycles. The van der Waals surface area contributed by atoms with E-state index in [1.165, 1.54) is 6.07 Å². The molecule has 1 unspecified atom stereocenters. The summed E-state index contributed by atoms with van der Waals surface area (Å²) in [6.45, 7) is -0.892. The van der Waals surface area contributed by atoms with Gasteiger partial charge in [-0.1, -0.05) is 0 Å². The lowest BCUT2D eigenvalue weighted by atomic mass is 10.0. The number of hydrogen-bond acceptors (Lipinski definition) is 8. The predicted octanol–water partition coefficient (Wildman–Crippen LogP) is -2.73. The summed E-state index contributed by atoms with van der Waals surface area (Å²) in [7, 11) is 0. The molecule has 1 aliphatic rings. The van der Waals surface area contributed by atoms with Crippen molar-refractivity contribution in [2.45, 2.75) is 36.7 Å². The Hall–Kier alpha value is -1.59. The van der Waals surface area contributed by atoms with E-state index < -0.39 is 42.7 Å². The van der Waals surface area contributed by atoms with E-state index in [0.717, 1.165) is 6.20 Å². The molecule has 5 atom stereocenters.